The summed E-state index contributed by atoms with van der Waals surface area (Å²) in [5.41, 5.74) is 1.34. The Bertz CT molecular complexity index is 361. The monoisotopic (exact) mass is 296 g/mol. The average Bonchev–Trinajstić information content (AvgIpc) is 2.30. The molecule has 2 rings (SSSR count). The van der Waals surface area contributed by atoms with Crippen molar-refractivity contribution >= 4 is 21.6 Å². The summed E-state index contributed by atoms with van der Waals surface area (Å²) in [5, 5.41) is 0. The lowest BCUT2D eigenvalue weighted by molar-refractivity contribution is 0.185. The average molecular weight is 297 g/mol. The van der Waals surface area contributed by atoms with Crippen LogP contribution < -0.4 is 4.90 Å². The molecule has 1 aliphatic rings. The Morgan fingerprint density at radius 3 is 2.35 bits per heavy atom. The van der Waals surface area contributed by atoms with Crippen LogP contribution in [0.5, 0.6) is 0 Å². The number of hydrogen-bond donors (Lipinski definition) is 0. The van der Waals surface area contributed by atoms with E-state index in [-0.39, 0.29) is 0 Å². The molecule has 1 aromatic rings. The van der Waals surface area contributed by atoms with Crippen molar-refractivity contribution in [1.82, 2.24) is 4.90 Å². The number of hydrogen-bond acceptors (Lipinski definition) is 2. The quantitative estimate of drug-likeness (QED) is 0.826. The van der Waals surface area contributed by atoms with Crippen LogP contribution in [0.3, 0.4) is 0 Å². The highest BCUT2D eigenvalue weighted by molar-refractivity contribution is 9.10. The van der Waals surface area contributed by atoms with E-state index in [0.29, 0.717) is 12.1 Å². The van der Waals surface area contributed by atoms with Gasteiger partial charge < -0.3 is 4.90 Å². The summed E-state index contributed by atoms with van der Waals surface area (Å²) in [7, 11) is 0. The number of rotatable bonds is 2. The molecular formula is C14H21BrN2. The second-order valence-corrected chi connectivity index (χ2v) is 6.02. The predicted molar refractivity (Wildman–Crippen MR) is 77.7 cm³/mol. The Balaban J connectivity index is 2.06. The summed E-state index contributed by atoms with van der Waals surface area (Å²) in [6.07, 6.45) is 0. The zero-order chi connectivity index (χ0) is 12.4. The smallest absolute Gasteiger partial charge is 0.0389 e. The van der Waals surface area contributed by atoms with Crippen molar-refractivity contribution in [3.05, 3.63) is 28.7 Å². The number of halogens is 1. The molecule has 0 bridgehead atoms. The summed E-state index contributed by atoms with van der Waals surface area (Å²) in [6, 6.07) is 9.89. The molecule has 1 saturated heterocycles. The van der Waals surface area contributed by atoms with Crippen molar-refractivity contribution in [3.8, 4) is 0 Å². The maximum absolute atomic E-state index is 3.49. The fourth-order valence-electron chi connectivity index (χ4n) is 2.47. The first-order valence-electron chi connectivity index (χ1n) is 6.34. The summed E-state index contributed by atoms with van der Waals surface area (Å²) >= 11 is 3.49. The fraction of sp³-hybridized carbons (Fsp3) is 0.571. The summed E-state index contributed by atoms with van der Waals surface area (Å²) in [5.74, 6) is 0. The van der Waals surface area contributed by atoms with Crippen LogP contribution in [-0.2, 0) is 0 Å². The molecule has 1 heterocycles. The van der Waals surface area contributed by atoms with Crippen LogP contribution in [0.1, 0.15) is 20.8 Å². The molecule has 94 valence electrons. The lowest BCUT2D eigenvalue weighted by Gasteiger charge is -2.43. The van der Waals surface area contributed by atoms with Crippen molar-refractivity contribution in [2.75, 3.05) is 24.5 Å². The van der Waals surface area contributed by atoms with Gasteiger partial charge in [0.1, 0.15) is 0 Å². The van der Waals surface area contributed by atoms with E-state index in [1.54, 1.807) is 0 Å². The maximum atomic E-state index is 3.49. The van der Waals surface area contributed by atoms with Crippen LogP contribution in [0.2, 0.25) is 0 Å². The molecule has 0 spiro atoms. The van der Waals surface area contributed by atoms with E-state index in [4.69, 9.17) is 0 Å². The Hall–Kier alpha value is -0.540. The largest absolute Gasteiger partial charge is 0.366 e. The second-order valence-electron chi connectivity index (χ2n) is 5.11. The SMILES string of the molecule is CC(C)N1CCN(c2ccc(Br)cc2)[C@H](C)C1. The van der Waals surface area contributed by atoms with E-state index in [1.807, 2.05) is 0 Å². The van der Waals surface area contributed by atoms with Gasteiger partial charge in [-0.25, -0.2) is 0 Å². The molecule has 17 heavy (non-hydrogen) atoms. The summed E-state index contributed by atoms with van der Waals surface area (Å²) < 4.78 is 1.15. The zero-order valence-electron chi connectivity index (χ0n) is 10.9. The first-order chi connectivity index (χ1) is 8.08. The Morgan fingerprint density at radius 2 is 1.82 bits per heavy atom. The normalized spacial score (nSPS) is 22.2. The molecule has 1 fully saturated rings. The van der Waals surface area contributed by atoms with Crippen LogP contribution in [0.15, 0.2) is 28.7 Å². The van der Waals surface area contributed by atoms with Gasteiger partial charge in [-0.1, -0.05) is 15.9 Å². The van der Waals surface area contributed by atoms with Crippen molar-refractivity contribution in [1.29, 1.82) is 0 Å². The molecule has 1 aliphatic heterocycles. The van der Waals surface area contributed by atoms with Crippen molar-refractivity contribution in [2.24, 2.45) is 0 Å². The molecule has 0 radical (unpaired) electrons. The van der Waals surface area contributed by atoms with Crippen molar-refractivity contribution in [3.63, 3.8) is 0 Å². The molecule has 1 atom stereocenters. The molecule has 0 aromatic heterocycles. The van der Waals surface area contributed by atoms with Gasteiger partial charge in [-0.3, -0.25) is 4.90 Å². The van der Waals surface area contributed by atoms with Gasteiger partial charge in [0.15, 0.2) is 0 Å². The summed E-state index contributed by atoms with van der Waals surface area (Å²) in [4.78, 5) is 5.06. The Kier molecular flexibility index (Phi) is 4.10. The van der Waals surface area contributed by atoms with Crippen LogP contribution in [0.25, 0.3) is 0 Å². The molecule has 0 N–H and O–H groups in total. The van der Waals surface area contributed by atoms with Gasteiger partial charge in [-0.2, -0.15) is 0 Å². The van der Waals surface area contributed by atoms with Gasteiger partial charge in [0.2, 0.25) is 0 Å². The topological polar surface area (TPSA) is 6.48 Å². The molecule has 0 saturated carbocycles. The first kappa shape index (κ1) is 12.9. The molecule has 3 heteroatoms. The molecule has 0 amide bonds. The molecule has 0 aliphatic carbocycles. The van der Waals surface area contributed by atoms with E-state index in [9.17, 15) is 0 Å². The molecule has 2 nitrogen and oxygen atoms in total. The van der Waals surface area contributed by atoms with Gasteiger partial charge in [-0.05, 0) is 45.0 Å². The minimum absolute atomic E-state index is 0.590. The van der Waals surface area contributed by atoms with E-state index in [1.165, 1.54) is 5.69 Å². The molecule has 1 aromatic carbocycles. The van der Waals surface area contributed by atoms with Gasteiger partial charge in [0.05, 0.1) is 0 Å². The number of nitrogens with zero attached hydrogens (tertiary/aromatic N) is 2. The van der Waals surface area contributed by atoms with Gasteiger partial charge in [0, 0.05) is 41.9 Å². The van der Waals surface area contributed by atoms with Crippen molar-refractivity contribution < 1.29 is 0 Å². The lowest BCUT2D eigenvalue weighted by atomic mass is 10.1. The molecular weight excluding hydrogens is 276 g/mol. The minimum atomic E-state index is 0.590. The Morgan fingerprint density at radius 1 is 1.18 bits per heavy atom. The lowest BCUT2D eigenvalue weighted by Crippen LogP contribution is -2.53. The highest BCUT2D eigenvalue weighted by Gasteiger charge is 2.24. The summed E-state index contributed by atoms with van der Waals surface area (Å²) in [6.45, 7) is 10.3. The highest BCUT2D eigenvalue weighted by atomic mass is 79.9. The van der Waals surface area contributed by atoms with E-state index in [2.05, 4.69) is 70.8 Å². The zero-order valence-corrected chi connectivity index (χ0v) is 12.4. The third-order valence-corrected chi connectivity index (χ3v) is 4.08. The van der Waals surface area contributed by atoms with Crippen LogP contribution in [-0.4, -0.2) is 36.6 Å². The van der Waals surface area contributed by atoms with Crippen molar-refractivity contribution in [2.45, 2.75) is 32.9 Å². The molecule has 0 unspecified atom stereocenters. The van der Waals surface area contributed by atoms with Gasteiger partial charge in [0.25, 0.3) is 0 Å². The third-order valence-electron chi connectivity index (χ3n) is 3.55. The van der Waals surface area contributed by atoms with E-state index in [0.717, 1.165) is 24.1 Å². The van der Waals surface area contributed by atoms with Crippen LogP contribution in [0, 0.1) is 0 Å². The van der Waals surface area contributed by atoms with E-state index >= 15 is 0 Å². The minimum Gasteiger partial charge on any atom is -0.366 e. The number of anilines is 1. The van der Waals surface area contributed by atoms with Crippen LogP contribution >= 0.6 is 15.9 Å². The van der Waals surface area contributed by atoms with E-state index < -0.39 is 0 Å². The Labute approximate surface area is 113 Å². The van der Waals surface area contributed by atoms with Gasteiger partial charge in [-0.15, -0.1) is 0 Å². The highest BCUT2D eigenvalue weighted by Crippen LogP contribution is 2.23. The predicted octanol–water partition coefficient (Wildman–Crippen LogP) is 3.37. The number of piperazine rings is 1. The number of benzene rings is 1. The first-order valence-corrected chi connectivity index (χ1v) is 7.13. The fourth-order valence-corrected chi connectivity index (χ4v) is 2.74. The standard InChI is InChI=1S/C14H21BrN2/c1-11(2)16-8-9-17(12(3)10-16)14-6-4-13(15)5-7-14/h4-7,11-12H,8-10H2,1-3H3/t12-/m1/s1. The second kappa shape index (κ2) is 5.40. The maximum Gasteiger partial charge on any atom is 0.0389 e. The third kappa shape index (κ3) is 3.02. The van der Waals surface area contributed by atoms with Crippen LogP contribution in [0.4, 0.5) is 5.69 Å². The van der Waals surface area contributed by atoms with Gasteiger partial charge >= 0.3 is 0 Å².